The van der Waals surface area contributed by atoms with E-state index < -0.39 is 10.0 Å². The van der Waals surface area contributed by atoms with Gasteiger partial charge in [0, 0.05) is 22.4 Å². The van der Waals surface area contributed by atoms with Gasteiger partial charge in [-0.1, -0.05) is 34.5 Å². The minimum absolute atomic E-state index is 0.0823. The van der Waals surface area contributed by atoms with Crippen LogP contribution in [0.2, 0.25) is 0 Å². The first-order valence-corrected chi connectivity index (χ1v) is 11.6. The monoisotopic (exact) mass is 456 g/mol. The Morgan fingerprint density at radius 2 is 1.77 bits per heavy atom. The number of nitrogens with one attached hydrogen (secondary N) is 1. The molecule has 0 atom stereocenters. The highest BCUT2D eigenvalue weighted by atomic mass is 79.9. The van der Waals surface area contributed by atoms with Crippen molar-refractivity contribution in [2.24, 2.45) is 0 Å². The van der Waals surface area contributed by atoms with Crippen molar-refractivity contribution in [3.63, 3.8) is 0 Å². The molecule has 26 heavy (non-hydrogen) atoms. The van der Waals surface area contributed by atoms with Gasteiger partial charge in [0.15, 0.2) is 0 Å². The van der Waals surface area contributed by atoms with Crippen LogP contribution < -0.4 is 5.32 Å². The number of rotatable bonds is 6. The third-order valence-electron chi connectivity index (χ3n) is 4.28. The van der Waals surface area contributed by atoms with Crippen LogP contribution in [0.5, 0.6) is 0 Å². The zero-order valence-corrected chi connectivity index (χ0v) is 17.5. The molecule has 0 unspecified atom stereocenters. The number of thiophene rings is 1. The molecule has 0 spiro atoms. The Labute approximate surface area is 166 Å². The number of hydrogen-bond donors (Lipinski definition) is 1. The van der Waals surface area contributed by atoms with Crippen LogP contribution in [0.4, 0.5) is 0 Å². The third-order valence-corrected chi connectivity index (χ3v) is 8.26. The Morgan fingerprint density at radius 1 is 1.08 bits per heavy atom. The molecular formula is C18H21BrN2O3S2. The van der Waals surface area contributed by atoms with Gasteiger partial charge in [0.25, 0.3) is 10.0 Å². The lowest BCUT2D eigenvalue weighted by Crippen LogP contribution is -2.35. The van der Waals surface area contributed by atoms with Crippen LogP contribution in [-0.2, 0) is 27.8 Å². The smallest absolute Gasteiger partial charge is 0.252 e. The van der Waals surface area contributed by atoms with Gasteiger partial charge in [-0.2, -0.15) is 4.31 Å². The molecule has 0 bridgehead atoms. The van der Waals surface area contributed by atoms with Gasteiger partial charge in [0.2, 0.25) is 5.91 Å². The summed E-state index contributed by atoms with van der Waals surface area (Å²) in [4.78, 5) is 12.9. The maximum Gasteiger partial charge on any atom is 0.252 e. The van der Waals surface area contributed by atoms with Crippen LogP contribution in [0.3, 0.4) is 0 Å². The van der Waals surface area contributed by atoms with E-state index in [0.717, 1.165) is 34.2 Å². The van der Waals surface area contributed by atoms with E-state index in [2.05, 4.69) is 21.2 Å². The van der Waals surface area contributed by atoms with Gasteiger partial charge in [-0.25, -0.2) is 8.42 Å². The standard InChI is InChI=1S/C18H21BrN2O3S2/c19-15-6-4-14(5-7-15)12-17(22)20-13-16-8-9-18(25-16)26(23,24)21-10-2-1-3-11-21/h4-9H,1-3,10-13H2,(H,20,22). The van der Waals surface area contributed by atoms with Gasteiger partial charge < -0.3 is 5.32 Å². The molecule has 5 nitrogen and oxygen atoms in total. The second-order valence-electron chi connectivity index (χ2n) is 6.27. The predicted molar refractivity (Wildman–Crippen MR) is 107 cm³/mol. The molecule has 3 rings (SSSR count). The number of hydrogen-bond acceptors (Lipinski definition) is 4. The average molecular weight is 457 g/mol. The predicted octanol–water partition coefficient (Wildman–Crippen LogP) is 3.54. The molecule has 140 valence electrons. The molecule has 0 saturated carbocycles. The number of nitrogens with zero attached hydrogens (tertiary/aromatic N) is 1. The Bertz CT molecular complexity index is 857. The summed E-state index contributed by atoms with van der Waals surface area (Å²) in [5, 5.41) is 2.86. The van der Waals surface area contributed by atoms with Gasteiger partial charge in [0.05, 0.1) is 13.0 Å². The molecule has 0 aliphatic carbocycles. The van der Waals surface area contributed by atoms with Crippen molar-refractivity contribution in [1.29, 1.82) is 0 Å². The molecule has 1 amide bonds. The van der Waals surface area contributed by atoms with Gasteiger partial charge in [-0.05, 0) is 42.7 Å². The van der Waals surface area contributed by atoms with E-state index in [4.69, 9.17) is 0 Å². The van der Waals surface area contributed by atoms with Crippen molar-refractivity contribution in [2.75, 3.05) is 13.1 Å². The minimum atomic E-state index is -3.40. The molecule has 1 aliphatic heterocycles. The molecule has 2 aromatic rings. The van der Waals surface area contributed by atoms with Crippen LogP contribution in [0.1, 0.15) is 29.7 Å². The number of amides is 1. The van der Waals surface area contributed by atoms with Crippen molar-refractivity contribution >= 4 is 43.2 Å². The summed E-state index contributed by atoms with van der Waals surface area (Å²) in [6.45, 7) is 1.54. The topological polar surface area (TPSA) is 66.5 Å². The zero-order valence-electron chi connectivity index (χ0n) is 14.3. The quantitative estimate of drug-likeness (QED) is 0.722. The molecule has 1 aliphatic rings. The summed E-state index contributed by atoms with van der Waals surface area (Å²) in [5.74, 6) is -0.0823. The highest BCUT2D eigenvalue weighted by Gasteiger charge is 2.27. The molecule has 1 aromatic heterocycles. The first kappa shape index (κ1) is 19.5. The van der Waals surface area contributed by atoms with Crippen molar-refractivity contribution in [3.8, 4) is 0 Å². The second kappa shape index (κ2) is 8.65. The number of piperidine rings is 1. The number of benzene rings is 1. The number of halogens is 1. The third kappa shape index (κ3) is 4.94. The Balaban J connectivity index is 1.56. The van der Waals surface area contributed by atoms with Crippen molar-refractivity contribution in [2.45, 2.75) is 36.4 Å². The van der Waals surface area contributed by atoms with Gasteiger partial charge in [-0.15, -0.1) is 11.3 Å². The molecule has 0 radical (unpaired) electrons. The zero-order chi connectivity index (χ0) is 18.6. The fourth-order valence-corrected chi connectivity index (χ4v) is 6.09. The van der Waals surface area contributed by atoms with Crippen molar-refractivity contribution in [1.82, 2.24) is 9.62 Å². The molecule has 1 aromatic carbocycles. The van der Waals surface area contributed by atoms with E-state index in [0.29, 0.717) is 30.3 Å². The first-order valence-electron chi connectivity index (χ1n) is 8.55. The van der Waals surface area contributed by atoms with Gasteiger partial charge >= 0.3 is 0 Å². The van der Waals surface area contributed by atoms with Gasteiger partial charge in [-0.3, -0.25) is 4.79 Å². The highest BCUT2D eigenvalue weighted by molar-refractivity contribution is 9.10. The lowest BCUT2D eigenvalue weighted by Gasteiger charge is -2.25. The molecule has 8 heteroatoms. The second-order valence-corrected chi connectivity index (χ2v) is 10.5. The van der Waals surface area contributed by atoms with E-state index in [1.807, 2.05) is 24.3 Å². The number of sulfonamides is 1. The summed E-state index contributed by atoms with van der Waals surface area (Å²) in [5.41, 5.74) is 0.935. The van der Waals surface area contributed by atoms with E-state index in [1.54, 1.807) is 16.4 Å². The van der Waals surface area contributed by atoms with E-state index in [1.165, 1.54) is 11.3 Å². The largest absolute Gasteiger partial charge is 0.351 e. The number of carbonyl (C=O) groups excluding carboxylic acids is 1. The van der Waals surface area contributed by atoms with Crippen molar-refractivity contribution < 1.29 is 13.2 Å². The minimum Gasteiger partial charge on any atom is -0.351 e. The SMILES string of the molecule is O=C(Cc1ccc(Br)cc1)NCc1ccc(S(=O)(=O)N2CCCCC2)s1. The average Bonchev–Trinajstić information content (AvgIpc) is 3.13. The Kier molecular flexibility index (Phi) is 6.50. The molecular weight excluding hydrogens is 436 g/mol. The molecule has 2 heterocycles. The normalized spacial score (nSPS) is 15.7. The van der Waals surface area contributed by atoms with Crippen LogP contribution in [0.25, 0.3) is 0 Å². The maximum absolute atomic E-state index is 12.7. The maximum atomic E-state index is 12.7. The summed E-state index contributed by atoms with van der Waals surface area (Å²) >= 11 is 4.60. The van der Waals surface area contributed by atoms with Gasteiger partial charge in [0.1, 0.15) is 4.21 Å². The van der Waals surface area contributed by atoms with E-state index >= 15 is 0 Å². The summed E-state index contributed by atoms with van der Waals surface area (Å²) < 4.78 is 28.2. The fourth-order valence-electron chi connectivity index (χ4n) is 2.86. The summed E-state index contributed by atoms with van der Waals surface area (Å²) in [7, 11) is -3.40. The van der Waals surface area contributed by atoms with Crippen LogP contribution in [-0.4, -0.2) is 31.7 Å². The fraction of sp³-hybridized carbons (Fsp3) is 0.389. The van der Waals surface area contributed by atoms with E-state index in [-0.39, 0.29) is 5.91 Å². The molecule has 1 saturated heterocycles. The van der Waals surface area contributed by atoms with Crippen LogP contribution in [0, 0.1) is 0 Å². The molecule has 1 N–H and O–H groups in total. The van der Waals surface area contributed by atoms with E-state index in [9.17, 15) is 13.2 Å². The van der Waals surface area contributed by atoms with Crippen LogP contribution in [0.15, 0.2) is 45.1 Å². The molecule has 1 fully saturated rings. The van der Waals surface area contributed by atoms with Crippen LogP contribution >= 0.6 is 27.3 Å². The van der Waals surface area contributed by atoms with Crippen molar-refractivity contribution in [3.05, 3.63) is 51.3 Å². The lowest BCUT2D eigenvalue weighted by molar-refractivity contribution is -0.120. The lowest BCUT2D eigenvalue weighted by atomic mass is 10.1. The Morgan fingerprint density at radius 3 is 2.46 bits per heavy atom. The summed E-state index contributed by atoms with van der Waals surface area (Å²) in [6, 6.07) is 11.0. The first-order chi connectivity index (χ1) is 12.4. The Hall–Kier alpha value is -1.22. The highest BCUT2D eigenvalue weighted by Crippen LogP contribution is 2.27. The number of carbonyl (C=O) groups is 1. The summed E-state index contributed by atoms with van der Waals surface area (Å²) in [6.07, 6.45) is 3.23.